The lowest BCUT2D eigenvalue weighted by Gasteiger charge is -2.07. The van der Waals surface area contributed by atoms with Crippen LogP contribution in [-0.2, 0) is 0 Å². The molecule has 26 heavy (non-hydrogen) atoms. The van der Waals surface area contributed by atoms with Gasteiger partial charge >= 0.3 is 0 Å². The van der Waals surface area contributed by atoms with Crippen LogP contribution < -0.4 is 0 Å². The molecule has 0 fully saturated rings. The lowest BCUT2D eigenvalue weighted by molar-refractivity contribution is 0.315. The summed E-state index contributed by atoms with van der Waals surface area (Å²) >= 11 is 0. The fraction of sp³-hybridized carbons (Fsp3) is 0. The zero-order valence-corrected chi connectivity index (χ0v) is 13.5. The quantitative estimate of drug-likeness (QED) is 0.500. The Morgan fingerprint density at radius 1 is 0.808 bits per heavy atom. The molecule has 0 saturated heterocycles. The SMILES string of the molecule is c1ccc(-c2ccc(-c3nncn3-c3cccc4nonc34)cn2)cc1. The maximum atomic E-state index is 4.85. The van der Waals surface area contributed by atoms with Crippen LogP contribution in [0.15, 0.2) is 77.8 Å². The molecule has 0 aliphatic carbocycles. The van der Waals surface area contributed by atoms with Gasteiger partial charge in [0.25, 0.3) is 0 Å². The summed E-state index contributed by atoms with van der Waals surface area (Å²) in [6.45, 7) is 0. The Morgan fingerprint density at radius 3 is 2.58 bits per heavy atom. The van der Waals surface area contributed by atoms with Crippen molar-refractivity contribution in [1.82, 2.24) is 30.1 Å². The first kappa shape index (κ1) is 14.5. The first-order chi connectivity index (χ1) is 12.9. The van der Waals surface area contributed by atoms with Crippen LogP contribution in [-0.4, -0.2) is 30.1 Å². The molecule has 0 bridgehead atoms. The summed E-state index contributed by atoms with van der Waals surface area (Å²) in [7, 11) is 0. The topological polar surface area (TPSA) is 82.5 Å². The number of fused-ring (bicyclic) bond motifs is 1. The van der Waals surface area contributed by atoms with Gasteiger partial charge in [-0.15, -0.1) is 10.2 Å². The van der Waals surface area contributed by atoms with E-state index in [1.54, 1.807) is 12.5 Å². The van der Waals surface area contributed by atoms with Crippen molar-refractivity contribution >= 4 is 11.0 Å². The molecule has 3 heterocycles. The Balaban J connectivity index is 1.58. The van der Waals surface area contributed by atoms with Gasteiger partial charge in [-0.3, -0.25) is 9.55 Å². The molecule has 0 spiro atoms. The van der Waals surface area contributed by atoms with Crippen molar-refractivity contribution in [3.63, 3.8) is 0 Å². The molecule has 124 valence electrons. The summed E-state index contributed by atoms with van der Waals surface area (Å²) in [6.07, 6.45) is 3.44. The van der Waals surface area contributed by atoms with Gasteiger partial charge in [0.15, 0.2) is 11.3 Å². The molecule has 0 radical (unpaired) electrons. The molecule has 7 heteroatoms. The smallest absolute Gasteiger partial charge is 0.169 e. The number of nitrogens with zero attached hydrogens (tertiary/aromatic N) is 6. The number of hydrogen-bond donors (Lipinski definition) is 0. The fourth-order valence-electron chi connectivity index (χ4n) is 2.90. The van der Waals surface area contributed by atoms with Crippen LogP contribution in [0.4, 0.5) is 0 Å². The van der Waals surface area contributed by atoms with Crippen LogP contribution in [0, 0.1) is 0 Å². The Kier molecular flexibility index (Phi) is 3.28. The largest absolute Gasteiger partial charge is 0.279 e. The van der Waals surface area contributed by atoms with Crippen molar-refractivity contribution in [2.75, 3.05) is 0 Å². The highest BCUT2D eigenvalue weighted by Gasteiger charge is 2.14. The van der Waals surface area contributed by atoms with E-state index in [2.05, 4.69) is 25.5 Å². The van der Waals surface area contributed by atoms with Crippen molar-refractivity contribution in [3.05, 3.63) is 73.2 Å². The average molecular weight is 340 g/mol. The highest BCUT2D eigenvalue weighted by Crippen LogP contribution is 2.26. The molecule has 7 nitrogen and oxygen atoms in total. The normalized spacial score (nSPS) is 11.1. The highest BCUT2D eigenvalue weighted by molar-refractivity contribution is 5.83. The highest BCUT2D eigenvalue weighted by atomic mass is 16.6. The molecule has 0 atom stereocenters. The van der Waals surface area contributed by atoms with Crippen molar-refractivity contribution in [2.24, 2.45) is 0 Å². The lowest BCUT2D eigenvalue weighted by Crippen LogP contribution is -1.98. The second-order valence-corrected chi connectivity index (χ2v) is 5.73. The molecule has 0 N–H and O–H groups in total. The molecular formula is C19H12N6O. The summed E-state index contributed by atoms with van der Waals surface area (Å²) in [5.74, 6) is 0.674. The summed E-state index contributed by atoms with van der Waals surface area (Å²) < 4.78 is 6.70. The summed E-state index contributed by atoms with van der Waals surface area (Å²) in [4.78, 5) is 4.56. The van der Waals surface area contributed by atoms with E-state index in [9.17, 15) is 0 Å². The van der Waals surface area contributed by atoms with E-state index >= 15 is 0 Å². The molecule has 0 amide bonds. The molecule has 0 aliphatic heterocycles. The van der Waals surface area contributed by atoms with Crippen LogP contribution in [0.3, 0.4) is 0 Å². The predicted molar refractivity (Wildman–Crippen MR) is 95.4 cm³/mol. The van der Waals surface area contributed by atoms with Crippen LogP contribution in [0.25, 0.3) is 39.4 Å². The molecular weight excluding hydrogens is 328 g/mol. The lowest BCUT2D eigenvalue weighted by atomic mass is 10.1. The second kappa shape index (κ2) is 5.89. The van der Waals surface area contributed by atoms with Gasteiger partial charge in [0, 0.05) is 17.3 Å². The number of rotatable bonds is 3. The third-order valence-electron chi connectivity index (χ3n) is 4.16. The maximum Gasteiger partial charge on any atom is 0.169 e. The minimum absolute atomic E-state index is 0.655. The van der Waals surface area contributed by atoms with Gasteiger partial charge in [0.2, 0.25) is 0 Å². The van der Waals surface area contributed by atoms with Crippen LogP contribution in [0.2, 0.25) is 0 Å². The van der Waals surface area contributed by atoms with Crippen LogP contribution >= 0.6 is 0 Å². The number of pyridine rings is 1. The Morgan fingerprint density at radius 2 is 1.73 bits per heavy atom. The zero-order valence-electron chi connectivity index (χ0n) is 13.5. The van der Waals surface area contributed by atoms with Crippen LogP contribution in [0.1, 0.15) is 0 Å². The number of hydrogen-bond acceptors (Lipinski definition) is 6. The molecule has 3 aromatic heterocycles. The molecule has 5 rings (SSSR count). The zero-order chi connectivity index (χ0) is 17.3. The molecule has 0 unspecified atom stereocenters. The van der Waals surface area contributed by atoms with Gasteiger partial charge in [-0.1, -0.05) is 36.4 Å². The molecule has 2 aromatic carbocycles. The summed E-state index contributed by atoms with van der Waals surface area (Å²) in [5.41, 5.74) is 4.97. The van der Waals surface area contributed by atoms with Crippen molar-refractivity contribution in [2.45, 2.75) is 0 Å². The van der Waals surface area contributed by atoms with E-state index in [1.165, 1.54) is 0 Å². The third-order valence-corrected chi connectivity index (χ3v) is 4.16. The molecule has 0 aliphatic rings. The van der Waals surface area contributed by atoms with Crippen molar-refractivity contribution in [1.29, 1.82) is 0 Å². The first-order valence-corrected chi connectivity index (χ1v) is 8.04. The van der Waals surface area contributed by atoms with Gasteiger partial charge in [-0.2, -0.15) is 0 Å². The summed E-state index contributed by atoms with van der Waals surface area (Å²) in [6, 6.07) is 19.6. The predicted octanol–water partition coefficient (Wildman–Crippen LogP) is 3.53. The monoisotopic (exact) mass is 340 g/mol. The Labute approximate surface area is 147 Å². The van der Waals surface area contributed by atoms with Gasteiger partial charge in [-0.25, -0.2) is 4.63 Å². The van der Waals surface area contributed by atoms with E-state index in [1.807, 2.05) is 65.2 Å². The number of aromatic nitrogens is 6. The van der Waals surface area contributed by atoms with Crippen LogP contribution in [0.5, 0.6) is 0 Å². The van der Waals surface area contributed by atoms with Crippen molar-refractivity contribution < 1.29 is 4.63 Å². The standard InChI is InChI=1S/C19H12N6O/c1-2-5-13(6-3-1)15-10-9-14(11-20-15)19-22-21-12-25(19)17-8-4-7-16-18(17)24-26-23-16/h1-12H. The Bertz CT molecular complexity index is 1180. The maximum absolute atomic E-state index is 4.85. The van der Waals surface area contributed by atoms with E-state index in [-0.39, 0.29) is 0 Å². The minimum atomic E-state index is 0.655. The van der Waals surface area contributed by atoms with E-state index < -0.39 is 0 Å². The number of benzene rings is 2. The van der Waals surface area contributed by atoms with Gasteiger partial charge < -0.3 is 0 Å². The first-order valence-electron chi connectivity index (χ1n) is 8.04. The fourth-order valence-corrected chi connectivity index (χ4v) is 2.90. The van der Waals surface area contributed by atoms with Gasteiger partial charge in [0.05, 0.1) is 11.4 Å². The van der Waals surface area contributed by atoms with E-state index in [0.717, 1.165) is 22.5 Å². The molecule has 0 saturated carbocycles. The average Bonchev–Trinajstić information content (AvgIpc) is 3.38. The van der Waals surface area contributed by atoms with E-state index in [4.69, 9.17) is 4.63 Å². The minimum Gasteiger partial charge on any atom is -0.279 e. The summed E-state index contributed by atoms with van der Waals surface area (Å²) in [5, 5.41) is 16.2. The van der Waals surface area contributed by atoms with Gasteiger partial charge in [0.1, 0.15) is 11.8 Å². The van der Waals surface area contributed by atoms with Crippen molar-refractivity contribution in [3.8, 4) is 28.3 Å². The third kappa shape index (κ3) is 2.34. The van der Waals surface area contributed by atoms with E-state index in [0.29, 0.717) is 16.9 Å². The Hall–Kier alpha value is -3.87. The van der Waals surface area contributed by atoms with Gasteiger partial charge in [-0.05, 0) is 34.6 Å². The second-order valence-electron chi connectivity index (χ2n) is 5.73. The molecule has 5 aromatic rings.